The maximum absolute atomic E-state index is 6.52. The average Bonchev–Trinajstić information content (AvgIpc) is 3.30. The molecule has 6 nitrogen and oxygen atoms in total. The molecule has 0 saturated heterocycles. The summed E-state index contributed by atoms with van der Waals surface area (Å²) in [5, 5.41) is 7.07. The number of ether oxygens (including phenoxy) is 4. The van der Waals surface area contributed by atoms with Crippen LogP contribution in [0.2, 0.25) is 0 Å². The van der Waals surface area contributed by atoms with Gasteiger partial charge in [-0.25, -0.2) is 5.01 Å². The zero-order valence-corrected chi connectivity index (χ0v) is 18.4. The standard InChI is InChI=1S/C26H26N2O4/c1-4-31-18-13-14-23-20(15-18)22-16-21(17-9-6-5-7-10-17)27-28(22)26(32-23)19-11-8-12-24(29-2)25(19)30-3/h5-15,22,26H,4,16H2,1-3H3. The fourth-order valence-electron chi connectivity index (χ4n) is 4.44. The fourth-order valence-corrected chi connectivity index (χ4v) is 4.44. The van der Waals surface area contributed by atoms with Crippen molar-refractivity contribution in [2.75, 3.05) is 20.8 Å². The monoisotopic (exact) mass is 430 g/mol. The topological polar surface area (TPSA) is 52.5 Å². The number of fused-ring (bicyclic) bond motifs is 3. The predicted octanol–water partition coefficient (Wildman–Crippen LogP) is 5.34. The summed E-state index contributed by atoms with van der Waals surface area (Å²) < 4.78 is 23.5. The minimum Gasteiger partial charge on any atom is -0.494 e. The molecule has 0 N–H and O–H groups in total. The summed E-state index contributed by atoms with van der Waals surface area (Å²) in [5.74, 6) is 2.97. The highest BCUT2D eigenvalue weighted by Crippen LogP contribution is 2.50. The fraction of sp³-hybridized carbons (Fsp3) is 0.269. The van der Waals surface area contributed by atoms with E-state index in [1.807, 2.05) is 60.5 Å². The number of hydrogen-bond acceptors (Lipinski definition) is 6. The van der Waals surface area contributed by atoms with E-state index >= 15 is 0 Å². The first-order chi connectivity index (χ1) is 15.7. The van der Waals surface area contributed by atoms with E-state index in [0.717, 1.165) is 40.3 Å². The Labute approximate surface area is 188 Å². The third-order valence-electron chi connectivity index (χ3n) is 5.88. The van der Waals surface area contributed by atoms with Crippen molar-refractivity contribution in [3.05, 3.63) is 83.4 Å². The zero-order valence-electron chi connectivity index (χ0n) is 18.4. The van der Waals surface area contributed by atoms with Gasteiger partial charge in [0, 0.05) is 12.0 Å². The van der Waals surface area contributed by atoms with Crippen LogP contribution in [-0.4, -0.2) is 31.5 Å². The second-order valence-corrected chi connectivity index (χ2v) is 7.70. The number of nitrogens with zero attached hydrogens (tertiary/aromatic N) is 2. The quantitative estimate of drug-likeness (QED) is 0.528. The van der Waals surface area contributed by atoms with Crippen LogP contribution in [0.4, 0.5) is 0 Å². The number of para-hydroxylation sites is 1. The summed E-state index contributed by atoms with van der Waals surface area (Å²) in [6, 6.07) is 22.1. The van der Waals surface area contributed by atoms with E-state index in [1.165, 1.54) is 0 Å². The minimum absolute atomic E-state index is 0.0234. The van der Waals surface area contributed by atoms with Crippen LogP contribution < -0.4 is 18.9 Å². The zero-order chi connectivity index (χ0) is 22.1. The van der Waals surface area contributed by atoms with E-state index in [9.17, 15) is 0 Å². The van der Waals surface area contributed by atoms with Crippen molar-refractivity contribution in [2.24, 2.45) is 5.10 Å². The van der Waals surface area contributed by atoms with Crippen LogP contribution in [-0.2, 0) is 0 Å². The summed E-state index contributed by atoms with van der Waals surface area (Å²) in [4.78, 5) is 0. The van der Waals surface area contributed by atoms with Gasteiger partial charge in [0.1, 0.15) is 11.5 Å². The third-order valence-corrected chi connectivity index (χ3v) is 5.88. The number of hydrazone groups is 1. The third kappa shape index (κ3) is 3.42. The molecule has 0 aromatic heterocycles. The van der Waals surface area contributed by atoms with Crippen LogP contribution in [0.3, 0.4) is 0 Å². The lowest BCUT2D eigenvalue weighted by Gasteiger charge is -2.38. The van der Waals surface area contributed by atoms with Crippen molar-refractivity contribution in [1.29, 1.82) is 0 Å². The molecule has 3 aromatic carbocycles. The van der Waals surface area contributed by atoms with Crippen molar-refractivity contribution in [3.8, 4) is 23.0 Å². The lowest BCUT2D eigenvalue weighted by Crippen LogP contribution is -2.34. The molecule has 0 aliphatic carbocycles. The highest BCUT2D eigenvalue weighted by molar-refractivity contribution is 6.01. The minimum atomic E-state index is -0.447. The van der Waals surface area contributed by atoms with Gasteiger partial charge in [0.2, 0.25) is 6.23 Å². The Kier molecular flexibility index (Phi) is 5.35. The van der Waals surface area contributed by atoms with Gasteiger partial charge in [-0.05, 0) is 42.8 Å². The molecule has 2 atom stereocenters. The van der Waals surface area contributed by atoms with Gasteiger partial charge in [0.05, 0.1) is 38.1 Å². The maximum atomic E-state index is 6.52. The van der Waals surface area contributed by atoms with Crippen molar-refractivity contribution >= 4 is 5.71 Å². The Morgan fingerprint density at radius 1 is 0.969 bits per heavy atom. The molecule has 2 heterocycles. The van der Waals surface area contributed by atoms with Gasteiger partial charge in [0.25, 0.3) is 0 Å². The van der Waals surface area contributed by atoms with Gasteiger partial charge < -0.3 is 18.9 Å². The second kappa shape index (κ2) is 8.46. The first-order valence-corrected chi connectivity index (χ1v) is 10.8. The summed E-state index contributed by atoms with van der Waals surface area (Å²) in [6.45, 7) is 2.60. The van der Waals surface area contributed by atoms with Gasteiger partial charge in [0.15, 0.2) is 11.5 Å². The van der Waals surface area contributed by atoms with Crippen LogP contribution >= 0.6 is 0 Å². The molecule has 6 heteroatoms. The smallest absolute Gasteiger partial charge is 0.217 e. The van der Waals surface area contributed by atoms with Crippen LogP contribution in [0, 0.1) is 0 Å². The number of rotatable bonds is 6. The molecule has 3 aromatic rings. The van der Waals surface area contributed by atoms with Crippen molar-refractivity contribution in [3.63, 3.8) is 0 Å². The predicted molar refractivity (Wildman–Crippen MR) is 123 cm³/mol. The molecular weight excluding hydrogens is 404 g/mol. The Morgan fingerprint density at radius 2 is 1.81 bits per heavy atom. The number of methoxy groups -OCH3 is 2. The number of benzene rings is 3. The largest absolute Gasteiger partial charge is 0.494 e. The Morgan fingerprint density at radius 3 is 2.56 bits per heavy atom. The molecular formula is C26H26N2O4. The van der Waals surface area contributed by atoms with Crippen LogP contribution in [0.5, 0.6) is 23.0 Å². The molecule has 0 radical (unpaired) electrons. The van der Waals surface area contributed by atoms with Crippen LogP contribution in [0.15, 0.2) is 71.8 Å². The first kappa shape index (κ1) is 20.2. The molecule has 0 spiro atoms. The summed E-state index contributed by atoms with van der Waals surface area (Å²) in [5.41, 5.74) is 4.08. The normalized spacial score (nSPS) is 18.8. The summed E-state index contributed by atoms with van der Waals surface area (Å²) in [7, 11) is 3.28. The van der Waals surface area contributed by atoms with E-state index in [4.69, 9.17) is 24.0 Å². The Balaban J connectivity index is 1.63. The lowest BCUT2D eigenvalue weighted by atomic mass is 9.95. The van der Waals surface area contributed by atoms with Gasteiger partial charge >= 0.3 is 0 Å². The lowest BCUT2D eigenvalue weighted by molar-refractivity contribution is -0.0206. The van der Waals surface area contributed by atoms with Gasteiger partial charge in [-0.1, -0.05) is 36.4 Å². The molecule has 0 amide bonds. The molecule has 164 valence electrons. The molecule has 0 saturated carbocycles. The van der Waals surface area contributed by atoms with Gasteiger partial charge in [-0.2, -0.15) is 5.10 Å². The van der Waals surface area contributed by atoms with Gasteiger partial charge in [-0.15, -0.1) is 0 Å². The average molecular weight is 431 g/mol. The molecule has 0 bridgehead atoms. The summed E-state index contributed by atoms with van der Waals surface area (Å²) in [6.07, 6.45) is 0.329. The van der Waals surface area contributed by atoms with Crippen LogP contribution in [0.25, 0.3) is 0 Å². The first-order valence-electron chi connectivity index (χ1n) is 10.8. The van der Waals surface area contributed by atoms with E-state index in [0.29, 0.717) is 18.1 Å². The second-order valence-electron chi connectivity index (χ2n) is 7.70. The van der Waals surface area contributed by atoms with Crippen molar-refractivity contribution in [1.82, 2.24) is 5.01 Å². The highest BCUT2D eigenvalue weighted by Gasteiger charge is 2.42. The van der Waals surface area contributed by atoms with Crippen molar-refractivity contribution in [2.45, 2.75) is 25.6 Å². The van der Waals surface area contributed by atoms with E-state index < -0.39 is 6.23 Å². The highest BCUT2D eigenvalue weighted by atomic mass is 16.5. The number of hydrogen-bond donors (Lipinski definition) is 0. The van der Waals surface area contributed by atoms with E-state index in [1.54, 1.807) is 14.2 Å². The van der Waals surface area contributed by atoms with Crippen LogP contribution in [0.1, 0.15) is 42.3 Å². The molecule has 5 rings (SSSR count). The molecule has 2 aliphatic rings. The molecule has 2 unspecified atom stereocenters. The molecule has 2 aliphatic heterocycles. The summed E-state index contributed by atoms with van der Waals surface area (Å²) >= 11 is 0. The van der Waals surface area contributed by atoms with Crippen molar-refractivity contribution < 1.29 is 18.9 Å². The van der Waals surface area contributed by atoms with E-state index in [-0.39, 0.29) is 6.04 Å². The Hall–Kier alpha value is -3.67. The maximum Gasteiger partial charge on any atom is 0.217 e. The Bertz CT molecular complexity index is 1150. The molecule has 0 fully saturated rings. The van der Waals surface area contributed by atoms with Gasteiger partial charge in [-0.3, -0.25) is 0 Å². The molecule has 32 heavy (non-hydrogen) atoms. The SMILES string of the molecule is CCOc1ccc2c(c1)C1CC(c3ccccc3)=NN1C(c1cccc(OC)c1OC)O2. The van der Waals surface area contributed by atoms with E-state index in [2.05, 4.69) is 18.2 Å².